The van der Waals surface area contributed by atoms with E-state index in [2.05, 4.69) is 32.3 Å². The fourth-order valence-electron chi connectivity index (χ4n) is 5.90. The zero-order chi connectivity index (χ0) is 26.8. The third-order valence-corrected chi connectivity index (χ3v) is 7.87. The highest BCUT2D eigenvalue weighted by Crippen LogP contribution is 2.35. The summed E-state index contributed by atoms with van der Waals surface area (Å²) >= 11 is 0. The number of nitrogens with one attached hydrogen (secondary N) is 1. The van der Waals surface area contributed by atoms with E-state index in [0.29, 0.717) is 49.4 Å². The zero-order valence-electron chi connectivity index (χ0n) is 22.1. The third kappa shape index (κ3) is 5.38. The van der Waals surface area contributed by atoms with Gasteiger partial charge in [0.1, 0.15) is 19.0 Å². The number of hydrogen-bond donors (Lipinski definition) is 1. The van der Waals surface area contributed by atoms with Crippen LogP contribution in [0.15, 0.2) is 47.3 Å². The number of halogens is 1. The van der Waals surface area contributed by atoms with Gasteiger partial charge in [0.2, 0.25) is 0 Å². The van der Waals surface area contributed by atoms with Crippen molar-refractivity contribution in [1.29, 1.82) is 0 Å². The number of hydrogen-bond acceptors (Lipinski definition) is 7. The zero-order valence-corrected chi connectivity index (χ0v) is 22.1. The van der Waals surface area contributed by atoms with E-state index in [-0.39, 0.29) is 17.4 Å². The Kier molecular flexibility index (Phi) is 7.28. The average Bonchev–Trinajstić information content (AvgIpc) is 3.41. The SMILES string of the molecule is CCC(c1nnnn1Cc1ccc(F)cc1)N(Cc1cc2cc3c(cc2[nH]c1=O)OCCO3)C1CCCCC1. The predicted molar refractivity (Wildman–Crippen MR) is 144 cm³/mol. The molecule has 10 heteroatoms. The first-order valence-electron chi connectivity index (χ1n) is 13.8. The van der Waals surface area contributed by atoms with Gasteiger partial charge in [-0.25, -0.2) is 9.07 Å². The lowest BCUT2D eigenvalue weighted by molar-refractivity contribution is 0.0844. The summed E-state index contributed by atoms with van der Waals surface area (Å²) in [7, 11) is 0. The van der Waals surface area contributed by atoms with Crippen LogP contribution >= 0.6 is 0 Å². The van der Waals surface area contributed by atoms with Gasteiger partial charge in [0.25, 0.3) is 5.56 Å². The monoisotopic (exact) mass is 532 g/mol. The maximum absolute atomic E-state index is 13.5. The lowest BCUT2D eigenvalue weighted by Crippen LogP contribution is -2.41. The number of H-pyrrole nitrogens is 1. The van der Waals surface area contributed by atoms with E-state index >= 15 is 0 Å². The Morgan fingerprint density at radius 3 is 2.56 bits per heavy atom. The summed E-state index contributed by atoms with van der Waals surface area (Å²) in [6.07, 6.45) is 6.48. The van der Waals surface area contributed by atoms with Crippen LogP contribution in [0, 0.1) is 5.82 Å². The minimum Gasteiger partial charge on any atom is -0.486 e. The van der Waals surface area contributed by atoms with E-state index in [1.165, 1.54) is 18.6 Å². The van der Waals surface area contributed by atoms with Crippen LogP contribution in [0.5, 0.6) is 11.5 Å². The summed E-state index contributed by atoms with van der Waals surface area (Å²) in [6.45, 7) is 4.06. The van der Waals surface area contributed by atoms with Crippen LogP contribution in [0.3, 0.4) is 0 Å². The molecular weight excluding hydrogens is 499 g/mol. The Morgan fingerprint density at radius 2 is 1.82 bits per heavy atom. The van der Waals surface area contributed by atoms with E-state index < -0.39 is 0 Å². The molecular formula is C29H33FN6O3. The molecule has 1 aliphatic carbocycles. The smallest absolute Gasteiger partial charge is 0.252 e. The minimum atomic E-state index is -0.272. The van der Waals surface area contributed by atoms with Gasteiger partial charge in [-0.3, -0.25) is 9.69 Å². The largest absolute Gasteiger partial charge is 0.486 e. The number of aromatic nitrogens is 5. The van der Waals surface area contributed by atoms with Gasteiger partial charge in [-0.05, 0) is 59.5 Å². The quantitative estimate of drug-likeness (QED) is 0.349. The van der Waals surface area contributed by atoms with Crippen molar-refractivity contribution in [3.63, 3.8) is 0 Å². The fourth-order valence-corrected chi connectivity index (χ4v) is 5.90. The van der Waals surface area contributed by atoms with Crippen LogP contribution in [0.25, 0.3) is 10.9 Å². The molecule has 2 aromatic carbocycles. The first-order valence-corrected chi connectivity index (χ1v) is 13.8. The molecule has 0 bridgehead atoms. The predicted octanol–water partition coefficient (Wildman–Crippen LogP) is 4.76. The summed E-state index contributed by atoms with van der Waals surface area (Å²) < 4.78 is 26.7. The van der Waals surface area contributed by atoms with E-state index in [4.69, 9.17) is 9.47 Å². The number of rotatable bonds is 8. The number of fused-ring (bicyclic) bond motifs is 2. The second-order valence-corrected chi connectivity index (χ2v) is 10.4. The molecule has 39 heavy (non-hydrogen) atoms. The molecule has 2 aromatic heterocycles. The van der Waals surface area contributed by atoms with Gasteiger partial charge in [0, 0.05) is 29.6 Å². The van der Waals surface area contributed by atoms with Crippen molar-refractivity contribution in [2.45, 2.75) is 70.6 Å². The topological polar surface area (TPSA) is 98.2 Å². The van der Waals surface area contributed by atoms with Gasteiger partial charge in [-0.1, -0.05) is 38.3 Å². The molecule has 0 amide bonds. The molecule has 0 spiro atoms. The van der Waals surface area contributed by atoms with Crippen molar-refractivity contribution in [2.24, 2.45) is 0 Å². The van der Waals surface area contributed by atoms with Crippen molar-refractivity contribution in [3.8, 4) is 11.5 Å². The summed E-state index contributed by atoms with van der Waals surface area (Å²) in [6, 6.07) is 12.4. The molecule has 1 N–H and O–H groups in total. The minimum absolute atomic E-state index is 0.0843. The lowest BCUT2D eigenvalue weighted by atomic mass is 9.92. The van der Waals surface area contributed by atoms with Crippen LogP contribution < -0.4 is 15.0 Å². The maximum Gasteiger partial charge on any atom is 0.252 e. The molecule has 6 rings (SSSR count). The van der Waals surface area contributed by atoms with Crippen LogP contribution in [0.4, 0.5) is 4.39 Å². The number of nitrogens with zero attached hydrogens (tertiary/aromatic N) is 5. The van der Waals surface area contributed by atoms with Crippen molar-refractivity contribution in [2.75, 3.05) is 13.2 Å². The van der Waals surface area contributed by atoms with Crippen molar-refractivity contribution in [1.82, 2.24) is 30.1 Å². The highest BCUT2D eigenvalue weighted by Gasteiger charge is 2.32. The molecule has 0 saturated heterocycles. The Labute approximate surface area is 225 Å². The normalized spacial score (nSPS) is 16.6. The summed E-state index contributed by atoms with van der Waals surface area (Å²) in [4.78, 5) is 18.8. The van der Waals surface area contributed by atoms with E-state index in [9.17, 15) is 9.18 Å². The number of aromatic amines is 1. The highest BCUT2D eigenvalue weighted by molar-refractivity contribution is 5.83. The number of tetrazole rings is 1. The van der Waals surface area contributed by atoms with Gasteiger partial charge in [-0.2, -0.15) is 0 Å². The second kappa shape index (κ2) is 11.1. The molecule has 1 unspecified atom stereocenters. The number of benzene rings is 2. The molecule has 1 atom stereocenters. The van der Waals surface area contributed by atoms with Crippen molar-refractivity contribution < 1.29 is 13.9 Å². The Hall–Kier alpha value is -3.79. The third-order valence-electron chi connectivity index (χ3n) is 7.87. The maximum atomic E-state index is 13.5. The molecule has 4 aromatic rings. The summed E-state index contributed by atoms with van der Waals surface area (Å²) in [5.74, 6) is 1.83. The highest BCUT2D eigenvalue weighted by atomic mass is 19.1. The average molecular weight is 533 g/mol. The van der Waals surface area contributed by atoms with Gasteiger partial charge in [-0.15, -0.1) is 5.10 Å². The Balaban J connectivity index is 1.34. The standard InChI is InChI=1S/C29H33FN6O3/c1-2-25(28-32-33-34-36(28)17-19-8-10-22(30)11-9-19)35(23-6-4-3-5-7-23)18-21-14-20-15-26-27(39-13-12-38-26)16-24(20)31-29(21)37/h8-11,14-16,23,25H,2-7,12-13,17-18H2,1H3,(H,31,37). The van der Waals surface area contributed by atoms with Crippen LogP contribution in [0.1, 0.15) is 68.4 Å². The van der Waals surface area contributed by atoms with Gasteiger partial charge in [0.15, 0.2) is 17.3 Å². The van der Waals surface area contributed by atoms with E-state index in [1.54, 1.807) is 16.8 Å². The Morgan fingerprint density at radius 1 is 1.08 bits per heavy atom. The van der Waals surface area contributed by atoms with Crippen molar-refractivity contribution >= 4 is 10.9 Å². The van der Waals surface area contributed by atoms with Crippen LogP contribution in [-0.2, 0) is 13.1 Å². The molecule has 204 valence electrons. The first kappa shape index (κ1) is 25.5. The number of pyridine rings is 1. The molecule has 1 aliphatic heterocycles. The van der Waals surface area contributed by atoms with Gasteiger partial charge in [0.05, 0.1) is 18.1 Å². The van der Waals surface area contributed by atoms with Gasteiger partial charge < -0.3 is 14.5 Å². The van der Waals surface area contributed by atoms with Crippen LogP contribution in [-0.4, -0.2) is 49.3 Å². The van der Waals surface area contributed by atoms with Crippen LogP contribution in [0.2, 0.25) is 0 Å². The fraction of sp³-hybridized carbons (Fsp3) is 0.448. The molecule has 1 saturated carbocycles. The number of ether oxygens (including phenoxy) is 2. The Bertz CT molecular complexity index is 1500. The van der Waals surface area contributed by atoms with Crippen molar-refractivity contribution in [3.05, 3.63) is 75.6 Å². The van der Waals surface area contributed by atoms with E-state index in [1.807, 2.05) is 18.2 Å². The molecule has 0 radical (unpaired) electrons. The molecule has 3 heterocycles. The second-order valence-electron chi connectivity index (χ2n) is 10.4. The lowest BCUT2D eigenvalue weighted by Gasteiger charge is -2.39. The summed E-state index contributed by atoms with van der Waals surface area (Å²) in [5, 5.41) is 13.6. The van der Waals surface area contributed by atoms with E-state index in [0.717, 1.165) is 54.4 Å². The molecule has 2 aliphatic rings. The molecule has 1 fully saturated rings. The molecule has 9 nitrogen and oxygen atoms in total. The van der Waals surface area contributed by atoms with Gasteiger partial charge >= 0.3 is 0 Å². The first-order chi connectivity index (χ1) is 19.1. The summed E-state index contributed by atoms with van der Waals surface area (Å²) in [5.41, 5.74) is 2.23.